The van der Waals surface area contributed by atoms with Crippen LogP contribution in [0.5, 0.6) is 0 Å². The molecule has 2 aliphatic rings. The predicted molar refractivity (Wildman–Crippen MR) is 86.6 cm³/mol. The zero-order chi connectivity index (χ0) is 14.7. The predicted octanol–water partition coefficient (Wildman–Crippen LogP) is 3.91. The molecule has 114 valence electrons. The number of carbonyl (C=O) groups excluding carboxylic acids is 1. The quantitative estimate of drug-likeness (QED) is 0.890. The lowest BCUT2D eigenvalue weighted by Crippen LogP contribution is -2.38. The summed E-state index contributed by atoms with van der Waals surface area (Å²) in [5.41, 5.74) is 1.76. The molecule has 1 N–H and O–H groups in total. The van der Waals surface area contributed by atoms with Crippen molar-refractivity contribution in [3.63, 3.8) is 0 Å². The molecule has 0 radical (unpaired) electrons. The van der Waals surface area contributed by atoms with E-state index in [4.69, 9.17) is 0 Å². The smallest absolute Gasteiger partial charge is 0.256 e. The Morgan fingerprint density at radius 3 is 2.52 bits per heavy atom. The molecule has 2 fully saturated rings. The van der Waals surface area contributed by atoms with Crippen LogP contribution in [0.25, 0.3) is 0 Å². The molecular formula is C18H26N2O. The Morgan fingerprint density at radius 2 is 1.86 bits per heavy atom. The van der Waals surface area contributed by atoms with Crippen LogP contribution in [0.2, 0.25) is 0 Å². The molecule has 0 bridgehead atoms. The summed E-state index contributed by atoms with van der Waals surface area (Å²) in [6.07, 6.45) is 9.00. The van der Waals surface area contributed by atoms with Gasteiger partial charge in [-0.25, -0.2) is 0 Å². The fourth-order valence-corrected chi connectivity index (χ4v) is 3.47. The SMILES string of the molecule is CNc1ccccc1C(=O)N(CC1CCCCC1)C1CC1. The molecule has 3 nitrogen and oxygen atoms in total. The van der Waals surface area contributed by atoms with E-state index < -0.39 is 0 Å². The third-order valence-electron chi connectivity index (χ3n) is 4.85. The first-order valence-corrected chi connectivity index (χ1v) is 8.37. The summed E-state index contributed by atoms with van der Waals surface area (Å²) in [6, 6.07) is 8.36. The van der Waals surface area contributed by atoms with E-state index in [2.05, 4.69) is 10.2 Å². The van der Waals surface area contributed by atoms with Crippen LogP contribution in [0, 0.1) is 5.92 Å². The molecule has 1 amide bonds. The summed E-state index contributed by atoms with van der Waals surface area (Å²) >= 11 is 0. The Balaban J connectivity index is 1.75. The Bertz CT molecular complexity index is 490. The first kappa shape index (κ1) is 14.4. The van der Waals surface area contributed by atoms with Crippen molar-refractivity contribution < 1.29 is 4.79 Å². The first-order chi connectivity index (χ1) is 10.3. The minimum Gasteiger partial charge on any atom is -0.387 e. The molecule has 0 heterocycles. The van der Waals surface area contributed by atoms with E-state index in [1.807, 2.05) is 31.3 Å². The normalized spacial score (nSPS) is 19.3. The molecule has 3 heteroatoms. The number of nitrogens with one attached hydrogen (secondary N) is 1. The van der Waals surface area contributed by atoms with Gasteiger partial charge in [0.1, 0.15) is 0 Å². The molecule has 0 saturated heterocycles. The zero-order valence-corrected chi connectivity index (χ0v) is 13.0. The topological polar surface area (TPSA) is 32.3 Å². The van der Waals surface area contributed by atoms with Crippen molar-refractivity contribution in [3.05, 3.63) is 29.8 Å². The van der Waals surface area contributed by atoms with Crippen molar-refractivity contribution in [2.24, 2.45) is 5.92 Å². The summed E-state index contributed by atoms with van der Waals surface area (Å²) in [7, 11) is 1.88. The minimum atomic E-state index is 0.216. The van der Waals surface area contributed by atoms with Gasteiger partial charge in [0, 0.05) is 25.3 Å². The van der Waals surface area contributed by atoms with Gasteiger partial charge in [-0.05, 0) is 43.7 Å². The van der Waals surface area contributed by atoms with Crippen LogP contribution >= 0.6 is 0 Å². The molecule has 0 aromatic heterocycles. The second-order valence-corrected chi connectivity index (χ2v) is 6.49. The van der Waals surface area contributed by atoms with Crippen molar-refractivity contribution in [1.82, 2.24) is 4.90 Å². The maximum absolute atomic E-state index is 13.0. The summed E-state index contributed by atoms with van der Waals surface area (Å²) in [5, 5.41) is 3.15. The van der Waals surface area contributed by atoms with Gasteiger partial charge in [-0.3, -0.25) is 4.79 Å². The number of nitrogens with zero attached hydrogens (tertiary/aromatic N) is 1. The zero-order valence-electron chi connectivity index (χ0n) is 13.0. The maximum atomic E-state index is 13.0. The number of rotatable bonds is 5. The van der Waals surface area contributed by atoms with Gasteiger partial charge in [-0.15, -0.1) is 0 Å². The van der Waals surface area contributed by atoms with E-state index in [0.717, 1.165) is 17.8 Å². The molecule has 21 heavy (non-hydrogen) atoms. The fraction of sp³-hybridized carbons (Fsp3) is 0.611. The van der Waals surface area contributed by atoms with Crippen LogP contribution < -0.4 is 5.32 Å². The molecule has 2 aliphatic carbocycles. The van der Waals surface area contributed by atoms with Gasteiger partial charge in [-0.1, -0.05) is 31.4 Å². The second kappa shape index (κ2) is 6.50. The van der Waals surface area contributed by atoms with E-state index in [0.29, 0.717) is 12.0 Å². The third kappa shape index (κ3) is 3.39. The summed E-state index contributed by atoms with van der Waals surface area (Å²) in [4.78, 5) is 15.1. The van der Waals surface area contributed by atoms with Crippen LogP contribution in [0.4, 0.5) is 5.69 Å². The highest BCUT2D eigenvalue weighted by molar-refractivity contribution is 5.99. The average Bonchev–Trinajstić information content (AvgIpc) is 3.37. The largest absolute Gasteiger partial charge is 0.387 e. The standard InChI is InChI=1S/C18H26N2O/c1-19-17-10-6-5-9-16(17)18(21)20(15-11-12-15)13-14-7-3-2-4-8-14/h5-6,9-10,14-15,19H,2-4,7-8,11-13H2,1H3. The number of para-hydroxylation sites is 1. The van der Waals surface area contributed by atoms with Gasteiger partial charge in [0.05, 0.1) is 5.56 Å². The highest BCUT2D eigenvalue weighted by atomic mass is 16.2. The lowest BCUT2D eigenvalue weighted by molar-refractivity contribution is 0.0700. The third-order valence-corrected chi connectivity index (χ3v) is 4.85. The van der Waals surface area contributed by atoms with Gasteiger partial charge in [0.15, 0.2) is 0 Å². The molecule has 0 spiro atoms. The summed E-state index contributed by atoms with van der Waals surface area (Å²) < 4.78 is 0. The molecule has 0 unspecified atom stereocenters. The van der Waals surface area contributed by atoms with Gasteiger partial charge >= 0.3 is 0 Å². The Hall–Kier alpha value is -1.51. The van der Waals surface area contributed by atoms with Crippen LogP contribution in [0.3, 0.4) is 0 Å². The molecule has 1 aromatic carbocycles. The average molecular weight is 286 g/mol. The number of hydrogen-bond donors (Lipinski definition) is 1. The van der Waals surface area contributed by atoms with Crippen molar-refractivity contribution >= 4 is 11.6 Å². The maximum Gasteiger partial charge on any atom is 0.256 e. The Morgan fingerprint density at radius 1 is 1.14 bits per heavy atom. The van der Waals surface area contributed by atoms with Crippen molar-refractivity contribution in [2.45, 2.75) is 51.0 Å². The molecule has 3 rings (SSSR count). The monoisotopic (exact) mass is 286 g/mol. The lowest BCUT2D eigenvalue weighted by Gasteiger charge is -2.30. The molecular weight excluding hydrogens is 260 g/mol. The number of anilines is 1. The van der Waals surface area contributed by atoms with E-state index in [-0.39, 0.29) is 5.91 Å². The van der Waals surface area contributed by atoms with Gasteiger partial charge in [0.2, 0.25) is 0 Å². The van der Waals surface area contributed by atoms with E-state index in [1.165, 1.54) is 44.9 Å². The number of hydrogen-bond acceptors (Lipinski definition) is 2. The molecule has 1 aromatic rings. The van der Waals surface area contributed by atoms with Crippen LogP contribution in [-0.4, -0.2) is 30.4 Å². The number of amides is 1. The van der Waals surface area contributed by atoms with Gasteiger partial charge < -0.3 is 10.2 Å². The van der Waals surface area contributed by atoms with Crippen molar-refractivity contribution in [1.29, 1.82) is 0 Å². The van der Waals surface area contributed by atoms with E-state index >= 15 is 0 Å². The fourth-order valence-electron chi connectivity index (χ4n) is 3.47. The van der Waals surface area contributed by atoms with Crippen LogP contribution in [-0.2, 0) is 0 Å². The highest BCUT2D eigenvalue weighted by Gasteiger charge is 2.35. The Labute approximate surface area is 127 Å². The molecule has 0 atom stereocenters. The number of benzene rings is 1. The first-order valence-electron chi connectivity index (χ1n) is 8.37. The second-order valence-electron chi connectivity index (χ2n) is 6.49. The summed E-state index contributed by atoms with van der Waals surface area (Å²) in [5.74, 6) is 0.929. The van der Waals surface area contributed by atoms with Crippen LogP contribution in [0.15, 0.2) is 24.3 Å². The molecule has 2 saturated carbocycles. The van der Waals surface area contributed by atoms with Crippen LogP contribution in [0.1, 0.15) is 55.3 Å². The van der Waals surface area contributed by atoms with E-state index in [9.17, 15) is 4.79 Å². The van der Waals surface area contributed by atoms with Crippen molar-refractivity contribution in [2.75, 3.05) is 18.9 Å². The Kier molecular flexibility index (Phi) is 4.47. The summed E-state index contributed by atoms with van der Waals surface area (Å²) in [6.45, 7) is 0.960. The highest BCUT2D eigenvalue weighted by Crippen LogP contribution is 2.33. The minimum absolute atomic E-state index is 0.216. The van der Waals surface area contributed by atoms with Gasteiger partial charge in [-0.2, -0.15) is 0 Å². The van der Waals surface area contributed by atoms with E-state index in [1.54, 1.807) is 0 Å². The number of carbonyl (C=O) groups is 1. The molecule has 0 aliphatic heterocycles. The lowest BCUT2D eigenvalue weighted by atomic mass is 9.88. The van der Waals surface area contributed by atoms with Gasteiger partial charge in [0.25, 0.3) is 5.91 Å². The van der Waals surface area contributed by atoms with Crippen molar-refractivity contribution in [3.8, 4) is 0 Å².